The number of fused-ring (bicyclic) bond motifs is 2. The van der Waals surface area contributed by atoms with Crippen molar-refractivity contribution in [2.75, 3.05) is 0 Å². The van der Waals surface area contributed by atoms with Crippen LogP contribution in [0.3, 0.4) is 0 Å². The van der Waals surface area contributed by atoms with Gasteiger partial charge in [0.2, 0.25) is 0 Å². The summed E-state index contributed by atoms with van der Waals surface area (Å²) in [6, 6.07) is 11.1. The molecule has 0 bridgehead atoms. The third-order valence-corrected chi connectivity index (χ3v) is 7.34. The van der Waals surface area contributed by atoms with E-state index in [-0.39, 0.29) is 32.9 Å². The van der Waals surface area contributed by atoms with E-state index >= 15 is 0 Å². The Balaban J connectivity index is 1.79. The standard InChI is InChI=1S/C22H12N2O10S2/c25-19-15-9-17-18(22(28)24(21(17)27)12-4-2-6-14(8-12)36(32,33)34)10-16(15)20(26)23(19)11-3-1-5-13(7-11)35(29,30)31/h1-10H,(H,29,30,31)(H,32,33,34). The van der Waals surface area contributed by atoms with Gasteiger partial charge in [-0.05, 0) is 48.5 Å². The number of rotatable bonds is 4. The van der Waals surface area contributed by atoms with Crippen LogP contribution in [0.15, 0.2) is 89.6 Å². The van der Waals surface area contributed by atoms with Crippen LogP contribution in [0.4, 0.5) is 0 Å². The maximum Gasteiger partial charge on any atom is 0.294 e. The quantitative estimate of drug-likeness (QED) is 0.309. The number of aromatic nitrogens is 2. The molecule has 0 saturated carbocycles. The molecule has 36 heavy (non-hydrogen) atoms. The van der Waals surface area contributed by atoms with Crippen LogP contribution in [-0.2, 0) is 20.2 Å². The Morgan fingerprint density at radius 3 is 1.08 bits per heavy atom. The molecule has 0 spiro atoms. The van der Waals surface area contributed by atoms with Crippen LogP contribution in [0.2, 0.25) is 0 Å². The summed E-state index contributed by atoms with van der Waals surface area (Å²) in [4.78, 5) is 51.1. The van der Waals surface area contributed by atoms with Crippen LogP contribution < -0.4 is 22.2 Å². The number of nitrogens with zero attached hydrogens (tertiary/aromatic N) is 2. The molecular formula is C22H12N2O10S2. The zero-order valence-corrected chi connectivity index (χ0v) is 19.3. The van der Waals surface area contributed by atoms with Gasteiger partial charge in [-0.1, -0.05) is 12.1 Å². The van der Waals surface area contributed by atoms with Crippen molar-refractivity contribution >= 4 is 41.8 Å². The van der Waals surface area contributed by atoms with Crippen LogP contribution in [-0.4, -0.2) is 35.1 Å². The SMILES string of the molecule is O=c1c2cc3c(=O)n(-c4cccc(S(=O)(=O)O)c4)c(=O)c3cc2c(=O)n1-c1cccc(S(=O)(=O)O)c1. The van der Waals surface area contributed by atoms with E-state index in [1.54, 1.807) is 0 Å². The van der Waals surface area contributed by atoms with E-state index in [2.05, 4.69) is 0 Å². The second-order valence-corrected chi connectivity index (χ2v) is 10.6. The molecule has 0 saturated heterocycles. The van der Waals surface area contributed by atoms with Gasteiger partial charge < -0.3 is 0 Å². The predicted molar refractivity (Wildman–Crippen MR) is 127 cm³/mol. The van der Waals surface area contributed by atoms with Crippen molar-refractivity contribution in [2.45, 2.75) is 9.79 Å². The summed E-state index contributed by atoms with van der Waals surface area (Å²) in [5.74, 6) is 0. The Morgan fingerprint density at radius 2 is 0.806 bits per heavy atom. The molecule has 3 aromatic carbocycles. The van der Waals surface area contributed by atoms with Crippen LogP contribution in [0.1, 0.15) is 0 Å². The molecule has 14 heteroatoms. The molecule has 0 amide bonds. The first-order valence-corrected chi connectivity index (χ1v) is 12.8. The zero-order valence-electron chi connectivity index (χ0n) is 17.6. The average Bonchev–Trinajstić information content (AvgIpc) is 3.21. The minimum absolute atomic E-state index is 0.155. The van der Waals surface area contributed by atoms with Crippen molar-refractivity contribution in [3.05, 3.63) is 102 Å². The lowest BCUT2D eigenvalue weighted by Crippen LogP contribution is -2.24. The van der Waals surface area contributed by atoms with Gasteiger partial charge in [-0.2, -0.15) is 16.8 Å². The maximum atomic E-state index is 13.1. The molecule has 2 N–H and O–H groups in total. The summed E-state index contributed by atoms with van der Waals surface area (Å²) in [5, 5.41) is -0.868. The van der Waals surface area contributed by atoms with Crippen molar-refractivity contribution < 1.29 is 25.9 Å². The van der Waals surface area contributed by atoms with Gasteiger partial charge in [0, 0.05) is 0 Å². The third-order valence-electron chi connectivity index (χ3n) is 5.64. The largest absolute Gasteiger partial charge is 0.294 e. The summed E-state index contributed by atoms with van der Waals surface area (Å²) < 4.78 is 65.7. The fourth-order valence-electron chi connectivity index (χ4n) is 4.01. The third kappa shape index (κ3) is 3.51. The minimum Gasteiger partial charge on any atom is -0.282 e. The first kappa shape index (κ1) is 23.5. The Bertz CT molecular complexity index is 1950. The summed E-state index contributed by atoms with van der Waals surface area (Å²) in [5.41, 5.74) is -3.87. The van der Waals surface area contributed by atoms with Gasteiger partial charge in [0.1, 0.15) is 0 Å². The number of benzene rings is 3. The van der Waals surface area contributed by atoms with Crippen molar-refractivity contribution in [3.63, 3.8) is 0 Å². The lowest BCUT2D eigenvalue weighted by Gasteiger charge is -2.02. The Hall–Kier alpha value is -4.24. The molecule has 0 radical (unpaired) electrons. The zero-order chi connectivity index (χ0) is 26.2. The summed E-state index contributed by atoms with van der Waals surface area (Å²) in [6.45, 7) is 0. The fourth-order valence-corrected chi connectivity index (χ4v) is 5.05. The van der Waals surface area contributed by atoms with Gasteiger partial charge in [-0.25, -0.2) is 9.13 Å². The molecule has 0 unspecified atom stereocenters. The monoisotopic (exact) mass is 528 g/mol. The Labute approximate surface area is 200 Å². The van der Waals surface area contributed by atoms with E-state index < -0.39 is 52.3 Å². The minimum atomic E-state index is -4.62. The van der Waals surface area contributed by atoms with Crippen molar-refractivity contribution in [2.24, 2.45) is 0 Å². The fraction of sp³-hybridized carbons (Fsp3) is 0. The van der Waals surface area contributed by atoms with E-state index in [1.165, 1.54) is 24.3 Å². The van der Waals surface area contributed by atoms with Gasteiger partial charge in [-0.3, -0.25) is 28.3 Å². The van der Waals surface area contributed by atoms with Crippen molar-refractivity contribution in [1.29, 1.82) is 0 Å². The highest BCUT2D eigenvalue weighted by Gasteiger charge is 2.22. The second kappa shape index (κ2) is 7.63. The topological polar surface area (TPSA) is 187 Å². The molecule has 0 atom stereocenters. The van der Waals surface area contributed by atoms with E-state index in [4.69, 9.17) is 0 Å². The van der Waals surface area contributed by atoms with E-state index in [1.807, 2.05) is 0 Å². The lowest BCUT2D eigenvalue weighted by atomic mass is 10.1. The van der Waals surface area contributed by atoms with Crippen molar-refractivity contribution in [3.8, 4) is 11.4 Å². The van der Waals surface area contributed by atoms with Crippen LogP contribution >= 0.6 is 0 Å². The Morgan fingerprint density at radius 1 is 0.500 bits per heavy atom. The number of hydrogen-bond acceptors (Lipinski definition) is 8. The first-order chi connectivity index (χ1) is 16.8. The molecule has 5 rings (SSSR count). The molecule has 2 aromatic heterocycles. The molecular weight excluding hydrogens is 516 g/mol. The van der Waals surface area contributed by atoms with Crippen LogP contribution in [0.5, 0.6) is 0 Å². The molecule has 0 aliphatic heterocycles. The predicted octanol–water partition coefficient (Wildman–Crippen LogP) is 0.384. The highest BCUT2D eigenvalue weighted by Crippen LogP contribution is 2.19. The number of hydrogen-bond donors (Lipinski definition) is 2. The van der Waals surface area contributed by atoms with Crippen LogP contribution in [0, 0.1) is 0 Å². The molecule has 182 valence electrons. The summed E-state index contributed by atoms with van der Waals surface area (Å²) >= 11 is 0. The van der Waals surface area contributed by atoms with E-state index in [9.17, 15) is 45.1 Å². The average molecular weight is 528 g/mol. The first-order valence-electron chi connectivity index (χ1n) is 9.90. The van der Waals surface area contributed by atoms with Gasteiger partial charge >= 0.3 is 0 Å². The summed E-state index contributed by atoms with van der Waals surface area (Å²) in [7, 11) is -9.24. The normalized spacial score (nSPS) is 12.5. The molecule has 0 fully saturated rings. The van der Waals surface area contributed by atoms with Gasteiger partial charge in [0.25, 0.3) is 42.5 Å². The molecule has 0 aliphatic rings. The van der Waals surface area contributed by atoms with Crippen LogP contribution in [0.25, 0.3) is 32.9 Å². The second-order valence-electron chi connectivity index (χ2n) is 7.78. The molecule has 2 heterocycles. The molecule has 5 aromatic rings. The molecule has 12 nitrogen and oxygen atoms in total. The summed E-state index contributed by atoms with van der Waals surface area (Å²) in [6.07, 6.45) is 0. The smallest absolute Gasteiger partial charge is 0.282 e. The lowest BCUT2D eigenvalue weighted by molar-refractivity contribution is 0.481. The van der Waals surface area contributed by atoms with E-state index in [0.29, 0.717) is 9.13 Å². The van der Waals surface area contributed by atoms with Gasteiger partial charge in [0.05, 0.1) is 42.7 Å². The molecule has 0 aliphatic carbocycles. The van der Waals surface area contributed by atoms with Gasteiger partial charge in [-0.15, -0.1) is 0 Å². The maximum absolute atomic E-state index is 13.1. The van der Waals surface area contributed by atoms with Crippen molar-refractivity contribution in [1.82, 2.24) is 9.13 Å². The highest BCUT2D eigenvalue weighted by molar-refractivity contribution is 7.86. The van der Waals surface area contributed by atoms with E-state index in [0.717, 1.165) is 36.4 Å². The highest BCUT2D eigenvalue weighted by atomic mass is 32.2. The Kier molecular flexibility index (Phi) is 4.98. The van der Waals surface area contributed by atoms with Gasteiger partial charge in [0.15, 0.2) is 0 Å².